The third kappa shape index (κ3) is 4.97. The van der Waals surface area contributed by atoms with Gasteiger partial charge in [-0.3, -0.25) is 4.99 Å². The minimum atomic E-state index is -2.87. The van der Waals surface area contributed by atoms with Crippen LogP contribution < -0.4 is 19.0 Å². The van der Waals surface area contributed by atoms with Crippen LogP contribution in [0.25, 0.3) is 11.3 Å². The zero-order chi connectivity index (χ0) is 22.5. The van der Waals surface area contributed by atoms with Crippen LogP contribution in [0.1, 0.15) is 12.5 Å². The summed E-state index contributed by atoms with van der Waals surface area (Å²) in [5, 5.41) is 6.72. The van der Waals surface area contributed by atoms with Gasteiger partial charge in [0.15, 0.2) is 11.5 Å². The van der Waals surface area contributed by atoms with E-state index in [1.807, 2.05) is 30.5 Å². The number of ether oxygens (including phenoxy) is 4. The molecule has 32 heavy (non-hydrogen) atoms. The van der Waals surface area contributed by atoms with E-state index in [0.717, 1.165) is 22.5 Å². The van der Waals surface area contributed by atoms with E-state index in [2.05, 4.69) is 9.73 Å². The van der Waals surface area contributed by atoms with Gasteiger partial charge < -0.3 is 18.9 Å². The summed E-state index contributed by atoms with van der Waals surface area (Å²) in [4.78, 5) is 5.27. The average Bonchev–Trinajstić information content (AvgIpc) is 3.41. The monoisotopic (exact) mass is 461 g/mol. The van der Waals surface area contributed by atoms with Crippen molar-refractivity contribution in [1.29, 1.82) is 0 Å². The van der Waals surface area contributed by atoms with Crippen molar-refractivity contribution in [1.82, 2.24) is 4.68 Å². The predicted molar refractivity (Wildman–Crippen MR) is 117 cm³/mol. The molecule has 2 aromatic carbocycles. The van der Waals surface area contributed by atoms with Crippen LogP contribution in [0, 0.1) is 0 Å². The van der Waals surface area contributed by atoms with Gasteiger partial charge in [0.2, 0.25) is 11.6 Å². The lowest BCUT2D eigenvalue weighted by molar-refractivity contribution is -0.0498. The van der Waals surface area contributed by atoms with E-state index < -0.39 is 6.61 Å². The first-order valence-corrected chi connectivity index (χ1v) is 10.6. The van der Waals surface area contributed by atoms with Crippen molar-refractivity contribution in [2.45, 2.75) is 13.5 Å². The van der Waals surface area contributed by atoms with Crippen LogP contribution >= 0.6 is 11.3 Å². The molecule has 0 radical (unpaired) electrons. The van der Waals surface area contributed by atoms with Crippen molar-refractivity contribution < 1.29 is 27.7 Å². The Morgan fingerprint density at radius 1 is 1.16 bits per heavy atom. The van der Waals surface area contributed by atoms with Crippen LogP contribution in [0.2, 0.25) is 0 Å². The SMILES string of the molecule is COCCN=c1scc(-c2ccc(OC(F)F)cc2)n1/N=C(\C)c1ccc2c(c1)OCO2. The highest BCUT2D eigenvalue weighted by Gasteiger charge is 2.15. The number of alkyl halides is 2. The Bertz CT molecular complexity index is 1170. The molecule has 1 aliphatic rings. The number of fused-ring (bicyclic) bond motifs is 1. The number of nitrogens with zero attached hydrogens (tertiary/aromatic N) is 3. The molecule has 168 valence electrons. The van der Waals surface area contributed by atoms with Gasteiger partial charge in [0, 0.05) is 23.6 Å². The molecular formula is C22H21F2N3O4S. The lowest BCUT2D eigenvalue weighted by Crippen LogP contribution is -2.15. The van der Waals surface area contributed by atoms with Crippen molar-refractivity contribution in [3.05, 3.63) is 58.2 Å². The fourth-order valence-electron chi connectivity index (χ4n) is 3.07. The highest BCUT2D eigenvalue weighted by Crippen LogP contribution is 2.33. The summed E-state index contributed by atoms with van der Waals surface area (Å²) in [6, 6.07) is 12.1. The molecule has 0 N–H and O–H groups in total. The Morgan fingerprint density at radius 2 is 1.94 bits per heavy atom. The molecule has 0 atom stereocenters. The first kappa shape index (κ1) is 22.0. The third-order valence-corrected chi connectivity index (χ3v) is 5.50. The molecule has 0 aliphatic carbocycles. The lowest BCUT2D eigenvalue weighted by Gasteiger charge is -2.08. The largest absolute Gasteiger partial charge is 0.454 e. The summed E-state index contributed by atoms with van der Waals surface area (Å²) in [6.45, 7) is 0.192. The zero-order valence-electron chi connectivity index (χ0n) is 17.5. The minimum absolute atomic E-state index is 0.0931. The van der Waals surface area contributed by atoms with Crippen LogP contribution in [0.4, 0.5) is 8.78 Å². The van der Waals surface area contributed by atoms with Crippen molar-refractivity contribution in [3.63, 3.8) is 0 Å². The highest BCUT2D eigenvalue weighted by molar-refractivity contribution is 7.07. The maximum absolute atomic E-state index is 12.5. The molecule has 0 saturated heterocycles. The van der Waals surface area contributed by atoms with Gasteiger partial charge in [0.1, 0.15) is 5.75 Å². The summed E-state index contributed by atoms with van der Waals surface area (Å²) in [6.07, 6.45) is 0. The Balaban J connectivity index is 1.72. The minimum Gasteiger partial charge on any atom is -0.454 e. The molecule has 0 amide bonds. The summed E-state index contributed by atoms with van der Waals surface area (Å²) in [5.41, 5.74) is 3.18. The number of rotatable bonds is 8. The van der Waals surface area contributed by atoms with Crippen LogP contribution in [0.3, 0.4) is 0 Å². The first-order valence-electron chi connectivity index (χ1n) is 9.76. The summed E-state index contributed by atoms with van der Waals surface area (Å²) in [7, 11) is 1.62. The quantitative estimate of drug-likeness (QED) is 0.369. The second-order valence-electron chi connectivity index (χ2n) is 6.75. The third-order valence-electron chi connectivity index (χ3n) is 4.64. The Hall–Kier alpha value is -3.24. The second-order valence-corrected chi connectivity index (χ2v) is 7.58. The molecule has 3 aromatic rings. The van der Waals surface area contributed by atoms with E-state index in [1.54, 1.807) is 23.9 Å². The first-order chi connectivity index (χ1) is 15.5. The fourth-order valence-corrected chi connectivity index (χ4v) is 3.93. The molecule has 0 spiro atoms. The predicted octanol–water partition coefficient (Wildman–Crippen LogP) is 4.37. The number of thiazole rings is 1. The second kappa shape index (κ2) is 9.92. The van der Waals surface area contributed by atoms with E-state index in [9.17, 15) is 8.78 Å². The Morgan fingerprint density at radius 3 is 2.69 bits per heavy atom. The van der Waals surface area contributed by atoms with E-state index in [1.165, 1.54) is 23.5 Å². The van der Waals surface area contributed by atoms with Gasteiger partial charge >= 0.3 is 6.61 Å². The molecule has 4 rings (SSSR count). The summed E-state index contributed by atoms with van der Waals surface area (Å²) >= 11 is 1.43. The molecule has 1 aromatic heterocycles. The van der Waals surface area contributed by atoms with E-state index in [-0.39, 0.29) is 12.5 Å². The number of hydrogen-bond donors (Lipinski definition) is 0. The lowest BCUT2D eigenvalue weighted by atomic mass is 10.1. The van der Waals surface area contributed by atoms with Crippen LogP contribution in [0.15, 0.2) is 57.9 Å². The number of benzene rings is 2. The summed E-state index contributed by atoms with van der Waals surface area (Å²) < 4.78 is 47.1. The van der Waals surface area contributed by atoms with E-state index in [4.69, 9.17) is 19.3 Å². The maximum atomic E-state index is 12.5. The molecule has 1 aliphatic heterocycles. The fraction of sp³-hybridized carbons (Fsp3) is 0.273. The number of methoxy groups -OCH3 is 1. The topological polar surface area (TPSA) is 66.6 Å². The molecular weight excluding hydrogens is 440 g/mol. The number of halogens is 2. The number of aromatic nitrogens is 1. The Labute approximate surface area is 187 Å². The Kier molecular flexibility index (Phi) is 6.81. The average molecular weight is 461 g/mol. The maximum Gasteiger partial charge on any atom is 0.387 e. The van der Waals surface area contributed by atoms with Crippen molar-refractivity contribution in [2.75, 3.05) is 27.1 Å². The molecule has 0 fully saturated rings. The molecule has 0 unspecified atom stereocenters. The van der Waals surface area contributed by atoms with Gasteiger partial charge in [0.25, 0.3) is 0 Å². The van der Waals surface area contributed by atoms with Crippen LogP contribution in [-0.4, -0.2) is 44.1 Å². The van der Waals surface area contributed by atoms with Crippen LogP contribution in [-0.2, 0) is 4.74 Å². The molecule has 0 saturated carbocycles. The van der Waals surface area contributed by atoms with E-state index >= 15 is 0 Å². The van der Waals surface area contributed by atoms with Gasteiger partial charge in [-0.25, -0.2) is 4.68 Å². The normalized spacial score (nSPS) is 13.8. The van der Waals surface area contributed by atoms with Gasteiger partial charge in [-0.05, 0) is 49.4 Å². The van der Waals surface area contributed by atoms with Crippen LogP contribution in [0.5, 0.6) is 17.2 Å². The van der Waals surface area contributed by atoms with Gasteiger partial charge in [-0.15, -0.1) is 11.3 Å². The van der Waals surface area contributed by atoms with Gasteiger partial charge in [-0.1, -0.05) is 0 Å². The standard InChI is InChI=1S/C22H21F2N3O4S/c1-14(16-5-8-19-20(11-16)30-13-29-19)26-27-18(12-32-22(27)25-9-10-28-2)15-3-6-17(7-4-15)31-21(23)24/h3-8,11-12,21H,9-10,13H2,1-2H3/b25-22?,26-14+. The number of hydrogen-bond acceptors (Lipinski definition) is 7. The smallest absolute Gasteiger partial charge is 0.387 e. The molecule has 0 bridgehead atoms. The van der Waals surface area contributed by atoms with Crippen molar-refractivity contribution in [2.24, 2.45) is 10.1 Å². The highest BCUT2D eigenvalue weighted by atomic mass is 32.1. The van der Waals surface area contributed by atoms with Crippen molar-refractivity contribution in [3.8, 4) is 28.5 Å². The van der Waals surface area contributed by atoms with Gasteiger partial charge in [0.05, 0.1) is 24.6 Å². The summed E-state index contributed by atoms with van der Waals surface area (Å²) in [5.74, 6) is 1.47. The molecule has 2 heterocycles. The van der Waals surface area contributed by atoms with Crippen molar-refractivity contribution >= 4 is 17.0 Å². The van der Waals surface area contributed by atoms with Gasteiger partial charge in [-0.2, -0.15) is 13.9 Å². The zero-order valence-corrected chi connectivity index (χ0v) is 18.3. The van der Waals surface area contributed by atoms with E-state index in [0.29, 0.717) is 29.5 Å². The molecule has 7 nitrogen and oxygen atoms in total. The molecule has 10 heteroatoms.